The van der Waals surface area contributed by atoms with Crippen molar-refractivity contribution in [2.75, 3.05) is 13.2 Å². The molecule has 0 heterocycles. The maximum atomic E-state index is 9.08. The van der Waals surface area contributed by atoms with Crippen molar-refractivity contribution in [1.29, 1.82) is 0 Å². The standard InChI is InChI=1S/C15H16BClO4/c1-11-5-6-15(14(17)9-11)21-8-7-20-13-4-2-3-12(10-13)16(18)19/h2-6,9-10,18-19H,7-8H2,1H3. The molecule has 0 saturated heterocycles. The van der Waals surface area contributed by atoms with Gasteiger partial charge >= 0.3 is 7.12 Å². The van der Waals surface area contributed by atoms with Crippen molar-refractivity contribution >= 4 is 24.2 Å². The fourth-order valence-electron chi connectivity index (χ4n) is 1.80. The van der Waals surface area contributed by atoms with E-state index < -0.39 is 7.12 Å². The average Bonchev–Trinajstić information content (AvgIpc) is 2.45. The number of halogens is 1. The molecule has 2 rings (SSSR count). The summed E-state index contributed by atoms with van der Waals surface area (Å²) in [7, 11) is -1.50. The number of hydrogen-bond acceptors (Lipinski definition) is 4. The lowest BCUT2D eigenvalue weighted by molar-refractivity contribution is 0.217. The lowest BCUT2D eigenvalue weighted by Crippen LogP contribution is -2.29. The maximum absolute atomic E-state index is 9.08. The third kappa shape index (κ3) is 4.67. The van der Waals surface area contributed by atoms with Crippen molar-refractivity contribution in [2.45, 2.75) is 6.92 Å². The second-order valence-electron chi connectivity index (χ2n) is 4.58. The molecule has 0 aliphatic carbocycles. The van der Waals surface area contributed by atoms with Gasteiger partial charge in [-0.25, -0.2) is 0 Å². The first-order chi connectivity index (χ1) is 10.1. The van der Waals surface area contributed by atoms with Gasteiger partial charge in [-0.15, -0.1) is 0 Å². The molecule has 0 fully saturated rings. The summed E-state index contributed by atoms with van der Waals surface area (Å²) in [5.74, 6) is 1.17. The van der Waals surface area contributed by atoms with Gasteiger partial charge in [-0.1, -0.05) is 29.8 Å². The van der Waals surface area contributed by atoms with Gasteiger partial charge in [0, 0.05) is 0 Å². The Morgan fingerprint density at radius 2 is 1.81 bits per heavy atom. The van der Waals surface area contributed by atoms with Crippen molar-refractivity contribution in [2.24, 2.45) is 0 Å². The highest BCUT2D eigenvalue weighted by atomic mass is 35.5. The molecular formula is C15H16BClO4. The van der Waals surface area contributed by atoms with Gasteiger partial charge in [-0.3, -0.25) is 0 Å². The zero-order valence-electron chi connectivity index (χ0n) is 11.6. The molecule has 0 aliphatic heterocycles. The Morgan fingerprint density at radius 3 is 2.52 bits per heavy atom. The first kappa shape index (κ1) is 15.7. The summed E-state index contributed by atoms with van der Waals surface area (Å²) in [4.78, 5) is 0. The van der Waals surface area contributed by atoms with Crippen LogP contribution in [0.4, 0.5) is 0 Å². The van der Waals surface area contributed by atoms with Crippen LogP contribution in [0.25, 0.3) is 0 Å². The number of hydrogen-bond donors (Lipinski definition) is 2. The van der Waals surface area contributed by atoms with Gasteiger partial charge in [0.25, 0.3) is 0 Å². The summed E-state index contributed by atoms with van der Waals surface area (Å²) in [6.07, 6.45) is 0. The topological polar surface area (TPSA) is 58.9 Å². The molecule has 2 N–H and O–H groups in total. The van der Waals surface area contributed by atoms with Crippen LogP contribution in [0.5, 0.6) is 11.5 Å². The Balaban J connectivity index is 1.83. The van der Waals surface area contributed by atoms with Gasteiger partial charge in [-0.2, -0.15) is 0 Å². The summed E-state index contributed by atoms with van der Waals surface area (Å²) in [6, 6.07) is 12.2. The summed E-state index contributed by atoms with van der Waals surface area (Å²) >= 11 is 6.06. The molecule has 0 bridgehead atoms. The first-order valence-electron chi connectivity index (χ1n) is 6.54. The molecule has 0 aliphatic rings. The maximum Gasteiger partial charge on any atom is 0.488 e. The zero-order valence-corrected chi connectivity index (χ0v) is 12.4. The number of ether oxygens (including phenoxy) is 2. The first-order valence-corrected chi connectivity index (χ1v) is 6.92. The quantitative estimate of drug-likeness (QED) is 0.631. The number of benzene rings is 2. The van der Waals surface area contributed by atoms with E-state index in [2.05, 4.69) is 0 Å². The predicted molar refractivity (Wildman–Crippen MR) is 83.4 cm³/mol. The van der Waals surface area contributed by atoms with Gasteiger partial charge in [0.1, 0.15) is 24.7 Å². The lowest BCUT2D eigenvalue weighted by Gasteiger charge is -2.10. The van der Waals surface area contributed by atoms with Crippen LogP contribution in [0.3, 0.4) is 0 Å². The van der Waals surface area contributed by atoms with Crippen molar-refractivity contribution in [3.8, 4) is 11.5 Å². The summed E-state index contributed by atoms with van der Waals surface area (Å²) < 4.78 is 11.0. The summed E-state index contributed by atoms with van der Waals surface area (Å²) in [5, 5.41) is 18.7. The minimum atomic E-state index is -1.50. The van der Waals surface area contributed by atoms with Crippen LogP contribution in [0.2, 0.25) is 5.02 Å². The van der Waals surface area contributed by atoms with E-state index in [-0.39, 0.29) is 0 Å². The molecule has 0 unspecified atom stereocenters. The van der Waals surface area contributed by atoms with Crippen LogP contribution >= 0.6 is 11.6 Å². The van der Waals surface area contributed by atoms with Gasteiger partial charge in [-0.05, 0) is 42.2 Å². The lowest BCUT2D eigenvalue weighted by atomic mass is 9.80. The Morgan fingerprint density at radius 1 is 1.05 bits per heavy atom. The molecule has 0 spiro atoms. The van der Waals surface area contributed by atoms with E-state index in [4.69, 9.17) is 31.1 Å². The molecule has 21 heavy (non-hydrogen) atoms. The van der Waals surface area contributed by atoms with E-state index in [9.17, 15) is 0 Å². The Bertz CT molecular complexity index is 604. The van der Waals surface area contributed by atoms with E-state index in [0.717, 1.165) is 5.56 Å². The highest BCUT2D eigenvalue weighted by Crippen LogP contribution is 2.24. The normalized spacial score (nSPS) is 10.3. The fraction of sp³-hybridized carbons (Fsp3) is 0.200. The Kier molecular flexibility index (Phi) is 5.50. The minimum absolute atomic E-state index is 0.329. The Labute approximate surface area is 129 Å². The summed E-state index contributed by atoms with van der Waals surface area (Å²) in [5.41, 5.74) is 1.46. The van der Waals surface area contributed by atoms with Crippen LogP contribution in [0, 0.1) is 6.92 Å². The molecule has 110 valence electrons. The van der Waals surface area contributed by atoms with Crippen molar-refractivity contribution < 1.29 is 19.5 Å². The molecule has 2 aromatic carbocycles. The van der Waals surface area contributed by atoms with E-state index in [1.807, 2.05) is 25.1 Å². The van der Waals surface area contributed by atoms with E-state index >= 15 is 0 Å². The van der Waals surface area contributed by atoms with Crippen molar-refractivity contribution in [1.82, 2.24) is 0 Å². The van der Waals surface area contributed by atoms with Gasteiger partial charge in [0.05, 0.1) is 5.02 Å². The van der Waals surface area contributed by atoms with Crippen LogP contribution in [0.15, 0.2) is 42.5 Å². The zero-order chi connectivity index (χ0) is 15.2. The number of rotatable bonds is 6. The monoisotopic (exact) mass is 306 g/mol. The highest BCUT2D eigenvalue weighted by Gasteiger charge is 2.11. The molecule has 0 amide bonds. The second kappa shape index (κ2) is 7.36. The van der Waals surface area contributed by atoms with Crippen LogP contribution in [0.1, 0.15) is 5.56 Å². The van der Waals surface area contributed by atoms with Crippen molar-refractivity contribution in [3.05, 3.63) is 53.1 Å². The molecule has 0 radical (unpaired) electrons. The predicted octanol–water partition coefficient (Wildman–Crippen LogP) is 1.79. The highest BCUT2D eigenvalue weighted by molar-refractivity contribution is 6.58. The van der Waals surface area contributed by atoms with E-state index in [0.29, 0.717) is 35.2 Å². The molecule has 0 atom stereocenters. The molecule has 0 aromatic heterocycles. The van der Waals surface area contributed by atoms with Crippen molar-refractivity contribution in [3.63, 3.8) is 0 Å². The Hall–Kier alpha value is -1.69. The second-order valence-corrected chi connectivity index (χ2v) is 4.98. The third-order valence-electron chi connectivity index (χ3n) is 2.85. The minimum Gasteiger partial charge on any atom is -0.490 e. The van der Waals surface area contributed by atoms with Gasteiger partial charge in [0.2, 0.25) is 0 Å². The molecule has 0 saturated carbocycles. The molecule has 6 heteroatoms. The van der Waals surface area contributed by atoms with E-state index in [1.54, 1.807) is 24.3 Å². The fourth-order valence-corrected chi connectivity index (χ4v) is 2.09. The smallest absolute Gasteiger partial charge is 0.488 e. The largest absolute Gasteiger partial charge is 0.490 e. The average molecular weight is 307 g/mol. The van der Waals surface area contributed by atoms with E-state index in [1.165, 1.54) is 0 Å². The van der Waals surface area contributed by atoms with Crippen LogP contribution < -0.4 is 14.9 Å². The molecular weight excluding hydrogens is 290 g/mol. The summed E-state index contributed by atoms with van der Waals surface area (Å²) in [6.45, 7) is 2.63. The van der Waals surface area contributed by atoms with Crippen LogP contribution in [-0.4, -0.2) is 30.4 Å². The molecule has 2 aromatic rings. The van der Waals surface area contributed by atoms with Crippen LogP contribution in [-0.2, 0) is 0 Å². The number of aryl methyl sites for hydroxylation is 1. The molecule has 4 nitrogen and oxygen atoms in total. The SMILES string of the molecule is Cc1ccc(OCCOc2cccc(B(O)O)c2)c(Cl)c1. The third-order valence-corrected chi connectivity index (χ3v) is 3.15. The van der Waals surface area contributed by atoms with Gasteiger partial charge in [0.15, 0.2) is 0 Å². The van der Waals surface area contributed by atoms with Gasteiger partial charge < -0.3 is 19.5 Å².